The van der Waals surface area contributed by atoms with Crippen LogP contribution >= 0.6 is 11.3 Å². The minimum absolute atomic E-state index is 0.0684. The number of ether oxygens (including phenoxy) is 1. The van der Waals surface area contributed by atoms with Gasteiger partial charge in [-0.15, -0.1) is 11.3 Å². The number of alkyl halides is 3. The molecule has 0 radical (unpaired) electrons. The number of aryl methyl sites for hydroxylation is 1. The second-order valence-electron chi connectivity index (χ2n) is 6.53. The highest BCUT2D eigenvalue weighted by atomic mass is 32.1. The summed E-state index contributed by atoms with van der Waals surface area (Å²) in [5.41, 5.74) is 2.04. The van der Waals surface area contributed by atoms with Gasteiger partial charge in [0, 0.05) is 18.5 Å². The van der Waals surface area contributed by atoms with Crippen LogP contribution in [0.1, 0.15) is 23.3 Å². The van der Waals surface area contributed by atoms with Crippen molar-refractivity contribution in [2.75, 3.05) is 20.8 Å². The molecule has 0 aliphatic heterocycles. The summed E-state index contributed by atoms with van der Waals surface area (Å²) in [6.45, 7) is 2.28. The van der Waals surface area contributed by atoms with Crippen molar-refractivity contribution in [1.29, 1.82) is 0 Å². The van der Waals surface area contributed by atoms with Crippen LogP contribution in [-0.2, 0) is 23.4 Å². The molecule has 0 aromatic carbocycles. The lowest BCUT2D eigenvalue weighted by atomic mass is 10.2. The molecular formula is C16H21F3N4O3S. The SMILES string of the molecule is CNNCc1sc2c(c1C)c(=O)n(C1(C(F)(F)F)CC1)c(=O)n2CCOC. The van der Waals surface area contributed by atoms with Gasteiger partial charge in [0.1, 0.15) is 10.4 Å². The number of thiophene rings is 1. The third-order valence-corrected chi connectivity index (χ3v) is 6.25. The van der Waals surface area contributed by atoms with Gasteiger partial charge in [0.2, 0.25) is 0 Å². The van der Waals surface area contributed by atoms with Crippen molar-refractivity contribution in [3.05, 3.63) is 31.3 Å². The van der Waals surface area contributed by atoms with Crippen LogP contribution in [0.3, 0.4) is 0 Å². The summed E-state index contributed by atoms with van der Waals surface area (Å²) < 4.78 is 47.6. The van der Waals surface area contributed by atoms with Crippen molar-refractivity contribution in [3.8, 4) is 0 Å². The van der Waals surface area contributed by atoms with Gasteiger partial charge in [-0.3, -0.25) is 20.2 Å². The largest absolute Gasteiger partial charge is 0.412 e. The summed E-state index contributed by atoms with van der Waals surface area (Å²) in [6, 6.07) is 0. The number of nitrogens with zero attached hydrogens (tertiary/aromatic N) is 2. The third kappa shape index (κ3) is 3.12. The molecule has 0 unspecified atom stereocenters. The predicted molar refractivity (Wildman–Crippen MR) is 96.1 cm³/mol. The number of hydrazine groups is 1. The second-order valence-corrected chi connectivity index (χ2v) is 7.61. The summed E-state index contributed by atoms with van der Waals surface area (Å²) in [4.78, 5) is 27.1. The van der Waals surface area contributed by atoms with Gasteiger partial charge in [-0.2, -0.15) is 13.2 Å². The minimum Gasteiger partial charge on any atom is -0.383 e. The average molecular weight is 406 g/mol. The molecule has 2 heterocycles. The van der Waals surface area contributed by atoms with E-state index in [9.17, 15) is 22.8 Å². The first-order chi connectivity index (χ1) is 12.7. The number of methoxy groups -OCH3 is 1. The molecule has 2 N–H and O–H groups in total. The number of hydrogen-bond donors (Lipinski definition) is 2. The van der Waals surface area contributed by atoms with Crippen LogP contribution in [0.15, 0.2) is 9.59 Å². The zero-order valence-electron chi connectivity index (χ0n) is 15.2. The fourth-order valence-electron chi connectivity index (χ4n) is 3.24. The highest BCUT2D eigenvalue weighted by Gasteiger charge is 2.66. The fraction of sp³-hybridized carbons (Fsp3) is 0.625. The summed E-state index contributed by atoms with van der Waals surface area (Å²) in [5.74, 6) is 0. The standard InChI is InChI=1S/C16H21F3N4O3S/c1-9-10(8-21-20-2)27-13-11(9)12(24)23(14(25)22(13)6-7-26-3)15(4-5-15)16(17,18)19/h20-21H,4-8H2,1-3H3. The van der Waals surface area contributed by atoms with Gasteiger partial charge >= 0.3 is 11.9 Å². The number of rotatable bonds is 7. The fourth-order valence-corrected chi connectivity index (χ4v) is 4.49. The smallest absolute Gasteiger partial charge is 0.383 e. The Hall–Kier alpha value is -1.69. The molecule has 1 fully saturated rings. The Morgan fingerprint density at radius 2 is 1.96 bits per heavy atom. The Bertz CT molecular complexity index is 972. The molecule has 3 rings (SSSR count). The van der Waals surface area contributed by atoms with Gasteiger partial charge in [0.25, 0.3) is 5.56 Å². The summed E-state index contributed by atoms with van der Waals surface area (Å²) >= 11 is 1.23. The first kappa shape index (κ1) is 20.1. The van der Waals surface area contributed by atoms with E-state index in [1.54, 1.807) is 14.0 Å². The van der Waals surface area contributed by atoms with E-state index < -0.39 is 23.0 Å². The van der Waals surface area contributed by atoms with Crippen molar-refractivity contribution in [3.63, 3.8) is 0 Å². The Balaban J connectivity index is 2.33. The van der Waals surface area contributed by atoms with Gasteiger partial charge in [-0.05, 0) is 32.4 Å². The average Bonchev–Trinajstić information content (AvgIpc) is 3.33. The molecule has 0 saturated heterocycles. The second kappa shape index (κ2) is 7.04. The molecule has 0 spiro atoms. The van der Waals surface area contributed by atoms with Crippen LogP contribution in [0, 0.1) is 6.92 Å². The predicted octanol–water partition coefficient (Wildman–Crippen LogP) is 1.45. The molecule has 1 aliphatic carbocycles. The van der Waals surface area contributed by atoms with Gasteiger partial charge in [-0.25, -0.2) is 9.36 Å². The number of hydrogen-bond acceptors (Lipinski definition) is 6. The Kier molecular flexibility index (Phi) is 5.23. The van der Waals surface area contributed by atoms with E-state index in [0.29, 0.717) is 21.5 Å². The zero-order chi connectivity index (χ0) is 20.0. The molecule has 7 nitrogen and oxygen atoms in total. The van der Waals surface area contributed by atoms with Crippen LogP contribution in [-0.4, -0.2) is 36.1 Å². The topological polar surface area (TPSA) is 77.3 Å². The lowest BCUT2D eigenvalue weighted by Crippen LogP contribution is -2.51. The quantitative estimate of drug-likeness (QED) is 0.681. The molecule has 150 valence electrons. The van der Waals surface area contributed by atoms with Crippen LogP contribution < -0.4 is 22.1 Å². The first-order valence-electron chi connectivity index (χ1n) is 8.43. The number of fused-ring (bicyclic) bond motifs is 1. The molecule has 1 aliphatic rings. The van der Waals surface area contributed by atoms with Crippen LogP contribution in [0.5, 0.6) is 0 Å². The molecule has 2 aromatic rings. The van der Waals surface area contributed by atoms with Crippen molar-refractivity contribution >= 4 is 21.6 Å². The Labute approximate surface area is 156 Å². The molecule has 27 heavy (non-hydrogen) atoms. The van der Waals surface area contributed by atoms with Crippen molar-refractivity contribution in [2.24, 2.45) is 0 Å². The van der Waals surface area contributed by atoms with E-state index in [1.807, 2.05) is 0 Å². The highest BCUT2D eigenvalue weighted by Crippen LogP contribution is 2.54. The molecule has 11 heteroatoms. The number of nitrogens with one attached hydrogen (secondary N) is 2. The van der Waals surface area contributed by atoms with Crippen molar-refractivity contribution < 1.29 is 17.9 Å². The summed E-state index contributed by atoms with van der Waals surface area (Å²) in [5, 5.41) is 0.166. The zero-order valence-corrected chi connectivity index (χ0v) is 16.0. The van der Waals surface area contributed by atoms with Crippen LogP contribution in [0.2, 0.25) is 0 Å². The lowest BCUT2D eigenvalue weighted by Gasteiger charge is -2.22. The van der Waals surface area contributed by atoms with Gasteiger partial charge in [0.05, 0.1) is 18.5 Å². The first-order valence-corrected chi connectivity index (χ1v) is 9.25. The normalized spacial score (nSPS) is 16.2. The van der Waals surface area contributed by atoms with E-state index >= 15 is 0 Å². The Morgan fingerprint density at radius 1 is 1.30 bits per heavy atom. The van der Waals surface area contributed by atoms with Crippen LogP contribution in [0.4, 0.5) is 13.2 Å². The number of halogens is 3. The molecule has 1 saturated carbocycles. The van der Waals surface area contributed by atoms with Gasteiger partial charge in [0.15, 0.2) is 0 Å². The highest BCUT2D eigenvalue weighted by molar-refractivity contribution is 7.18. The summed E-state index contributed by atoms with van der Waals surface area (Å²) in [7, 11) is 3.13. The maximum absolute atomic E-state index is 13.6. The number of aromatic nitrogens is 2. The molecule has 2 aromatic heterocycles. The minimum atomic E-state index is -4.66. The van der Waals surface area contributed by atoms with Crippen molar-refractivity contribution in [1.82, 2.24) is 20.0 Å². The third-order valence-electron chi connectivity index (χ3n) is 4.94. The van der Waals surface area contributed by atoms with E-state index in [2.05, 4.69) is 10.9 Å². The van der Waals surface area contributed by atoms with Gasteiger partial charge < -0.3 is 4.74 Å². The molecular weight excluding hydrogens is 385 g/mol. The van der Waals surface area contributed by atoms with E-state index in [1.165, 1.54) is 23.0 Å². The molecule has 0 bridgehead atoms. The molecule has 0 amide bonds. The molecule has 0 atom stereocenters. The van der Waals surface area contributed by atoms with E-state index in [0.717, 1.165) is 4.88 Å². The maximum atomic E-state index is 13.6. The monoisotopic (exact) mass is 406 g/mol. The maximum Gasteiger partial charge on any atom is 0.412 e. The lowest BCUT2D eigenvalue weighted by molar-refractivity contribution is -0.181. The van der Waals surface area contributed by atoms with Crippen LogP contribution in [0.25, 0.3) is 10.2 Å². The van der Waals surface area contributed by atoms with E-state index in [4.69, 9.17) is 4.74 Å². The van der Waals surface area contributed by atoms with Crippen molar-refractivity contribution in [2.45, 2.75) is 44.6 Å². The van der Waals surface area contributed by atoms with E-state index in [-0.39, 0.29) is 31.4 Å². The Morgan fingerprint density at radius 3 is 2.48 bits per heavy atom. The van der Waals surface area contributed by atoms with Gasteiger partial charge in [-0.1, -0.05) is 0 Å². The summed E-state index contributed by atoms with van der Waals surface area (Å²) in [6.07, 6.45) is -5.19.